The van der Waals surface area contributed by atoms with Crippen LogP contribution in [0.5, 0.6) is 5.75 Å². The van der Waals surface area contributed by atoms with Crippen LogP contribution in [-0.2, 0) is 24.8 Å². The lowest BCUT2D eigenvalue weighted by atomic mass is 9.97. The van der Waals surface area contributed by atoms with Gasteiger partial charge in [-0.15, -0.1) is 0 Å². The normalized spacial score (nSPS) is 25.6. The van der Waals surface area contributed by atoms with E-state index >= 15 is 0 Å². The number of nitrogens with one attached hydrogen (secondary N) is 2. The van der Waals surface area contributed by atoms with Crippen molar-refractivity contribution < 1.29 is 41.6 Å². The summed E-state index contributed by atoms with van der Waals surface area (Å²) >= 11 is 0. The van der Waals surface area contributed by atoms with Gasteiger partial charge in [0.1, 0.15) is 30.1 Å². The summed E-state index contributed by atoms with van der Waals surface area (Å²) in [7, 11) is -7.34. The van der Waals surface area contributed by atoms with E-state index < -0.39 is 57.3 Å². The maximum atomic E-state index is 11.9. The first-order valence-corrected chi connectivity index (χ1v) is 14.0. The fourth-order valence-electron chi connectivity index (χ4n) is 3.74. The molecule has 3 rings (SSSR count). The van der Waals surface area contributed by atoms with Gasteiger partial charge in [-0.05, 0) is 36.2 Å². The monoisotopic (exact) mass is 516 g/mol. The number of benzene rings is 2. The van der Waals surface area contributed by atoms with Crippen molar-refractivity contribution in [1.29, 1.82) is 0 Å². The molecule has 0 radical (unpaired) electrons. The van der Waals surface area contributed by atoms with Gasteiger partial charge in [0.15, 0.2) is 0 Å². The van der Waals surface area contributed by atoms with E-state index in [1.165, 1.54) is 0 Å². The Morgan fingerprint density at radius 3 is 2.29 bits per heavy atom. The molecule has 34 heavy (non-hydrogen) atoms. The number of anilines is 1. The number of rotatable bonds is 8. The van der Waals surface area contributed by atoms with Crippen molar-refractivity contribution in [3.05, 3.63) is 48.0 Å². The van der Waals surface area contributed by atoms with Crippen LogP contribution in [-0.4, -0.2) is 81.9 Å². The van der Waals surface area contributed by atoms with Crippen molar-refractivity contribution in [3.63, 3.8) is 0 Å². The van der Waals surface area contributed by atoms with E-state index in [2.05, 4.69) is 9.44 Å². The molecule has 11 nitrogen and oxygen atoms in total. The quantitative estimate of drug-likeness (QED) is 0.318. The number of sulfonamides is 2. The van der Waals surface area contributed by atoms with Gasteiger partial charge < -0.3 is 24.8 Å². The smallest absolute Gasteiger partial charge is 0.229 e. The highest BCUT2D eigenvalue weighted by Gasteiger charge is 2.47. The molecule has 188 valence electrons. The SMILES string of the molecule is Cc1cccc(O[C@@H]2OC(CO)[C@H](O)C(O)C2NS(C)(=O)=O)c1-c1cccc(NS(C)(=O)=O)c1. The van der Waals surface area contributed by atoms with Crippen LogP contribution in [0.3, 0.4) is 0 Å². The molecule has 1 fully saturated rings. The van der Waals surface area contributed by atoms with E-state index in [-0.39, 0.29) is 5.75 Å². The molecule has 0 spiro atoms. The van der Waals surface area contributed by atoms with E-state index in [9.17, 15) is 32.2 Å². The molecule has 1 saturated heterocycles. The average Bonchev–Trinajstić information content (AvgIpc) is 2.71. The summed E-state index contributed by atoms with van der Waals surface area (Å²) in [6.07, 6.45) is -3.87. The summed E-state index contributed by atoms with van der Waals surface area (Å²) in [6.45, 7) is 1.17. The fraction of sp³-hybridized carbons (Fsp3) is 0.429. The van der Waals surface area contributed by atoms with Crippen LogP contribution in [0.1, 0.15) is 5.56 Å². The van der Waals surface area contributed by atoms with Gasteiger partial charge in [-0.3, -0.25) is 4.72 Å². The zero-order valence-corrected chi connectivity index (χ0v) is 20.4. The summed E-state index contributed by atoms with van der Waals surface area (Å²) < 4.78 is 63.3. The third-order valence-corrected chi connectivity index (χ3v) is 6.47. The van der Waals surface area contributed by atoms with Gasteiger partial charge in [-0.1, -0.05) is 24.3 Å². The van der Waals surface area contributed by atoms with E-state index in [1.54, 1.807) is 36.4 Å². The largest absolute Gasteiger partial charge is 0.462 e. The number of hydrogen-bond donors (Lipinski definition) is 5. The van der Waals surface area contributed by atoms with Gasteiger partial charge >= 0.3 is 0 Å². The van der Waals surface area contributed by atoms with Gasteiger partial charge in [0.25, 0.3) is 0 Å². The Kier molecular flexibility index (Phi) is 7.87. The highest BCUT2D eigenvalue weighted by molar-refractivity contribution is 7.92. The second-order valence-electron chi connectivity index (χ2n) is 8.14. The predicted molar refractivity (Wildman–Crippen MR) is 125 cm³/mol. The standard InChI is InChI=1S/C21H28N2O9S2/c1-12-6-4-9-15(17(12)13-7-5-8-14(10-13)22-33(2,27)28)31-21-18(23-34(3,29)30)20(26)19(25)16(11-24)32-21/h4-10,16,18-26H,11H2,1-3H3/t16?,18?,19-,20?,21+/m0/s1. The number of aliphatic hydroxyl groups excluding tert-OH is 3. The van der Waals surface area contributed by atoms with Gasteiger partial charge in [-0.25, -0.2) is 21.6 Å². The second kappa shape index (κ2) is 10.2. The van der Waals surface area contributed by atoms with E-state index in [4.69, 9.17) is 9.47 Å². The third-order valence-electron chi connectivity index (χ3n) is 5.16. The summed E-state index contributed by atoms with van der Waals surface area (Å²) in [4.78, 5) is 0. The van der Waals surface area contributed by atoms with Crippen LogP contribution in [0.25, 0.3) is 11.1 Å². The summed E-state index contributed by atoms with van der Waals surface area (Å²) in [5.74, 6) is 0.252. The molecule has 0 amide bonds. The third kappa shape index (κ3) is 6.44. The van der Waals surface area contributed by atoms with Crippen LogP contribution in [0.2, 0.25) is 0 Å². The maximum Gasteiger partial charge on any atom is 0.229 e. The molecule has 2 aromatic rings. The molecule has 1 aliphatic heterocycles. The first-order valence-electron chi connectivity index (χ1n) is 10.2. The van der Waals surface area contributed by atoms with Crippen LogP contribution < -0.4 is 14.2 Å². The molecule has 5 atom stereocenters. The Hall–Kier alpha value is -2.26. The van der Waals surface area contributed by atoms with Crippen LogP contribution in [0.4, 0.5) is 5.69 Å². The number of hydrogen-bond acceptors (Lipinski definition) is 9. The average molecular weight is 517 g/mol. The lowest BCUT2D eigenvalue weighted by Crippen LogP contribution is -2.65. The highest BCUT2D eigenvalue weighted by atomic mass is 32.2. The van der Waals surface area contributed by atoms with Crippen molar-refractivity contribution in [1.82, 2.24) is 4.72 Å². The zero-order chi connectivity index (χ0) is 25.3. The van der Waals surface area contributed by atoms with E-state index in [0.717, 1.165) is 18.1 Å². The molecular weight excluding hydrogens is 488 g/mol. The lowest BCUT2D eigenvalue weighted by molar-refractivity contribution is -0.241. The van der Waals surface area contributed by atoms with Crippen molar-refractivity contribution in [2.45, 2.75) is 37.6 Å². The second-order valence-corrected chi connectivity index (χ2v) is 11.7. The molecule has 0 bridgehead atoms. The molecule has 0 aliphatic carbocycles. The Morgan fingerprint density at radius 1 is 1.00 bits per heavy atom. The Bertz CT molecular complexity index is 1230. The van der Waals surface area contributed by atoms with Crippen molar-refractivity contribution in [2.75, 3.05) is 23.8 Å². The molecule has 0 saturated carbocycles. The minimum Gasteiger partial charge on any atom is -0.462 e. The molecule has 2 aromatic carbocycles. The van der Waals surface area contributed by atoms with Crippen molar-refractivity contribution >= 4 is 25.7 Å². The van der Waals surface area contributed by atoms with Crippen LogP contribution in [0.15, 0.2) is 42.5 Å². The predicted octanol–water partition coefficient (Wildman–Crippen LogP) is -0.231. The Balaban J connectivity index is 2.02. The van der Waals surface area contributed by atoms with E-state index in [0.29, 0.717) is 16.8 Å². The highest BCUT2D eigenvalue weighted by Crippen LogP contribution is 2.36. The topological polar surface area (TPSA) is 171 Å². The number of ether oxygens (including phenoxy) is 2. The molecule has 1 heterocycles. The van der Waals surface area contributed by atoms with Gasteiger partial charge in [0.2, 0.25) is 26.3 Å². The molecular formula is C21H28N2O9S2. The van der Waals surface area contributed by atoms with Crippen LogP contribution >= 0.6 is 0 Å². The van der Waals surface area contributed by atoms with Gasteiger partial charge in [0.05, 0.1) is 19.1 Å². The van der Waals surface area contributed by atoms with Crippen LogP contribution in [0, 0.1) is 6.92 Å². The maximum absolute atomic E-state index is 11.9. The first-order chi connectivity index (χ1) is 15.8. The Morgan fingerprint density at radius 2 is 1.68 bits per heavy atom. The number of aliphatic hydroxyl groups is 3. The molecule has 3 unspecified atom stereocenters. The number of aryl methyl sites for hydroxylation is 1. The summed E-state index contributed by atoms with van der Waals surface area (Å²) in [5, 5.41) is 30.3. The summed E-state index contributed by atoms with van der Waals surface area (Å²) in [6, 6.07) is 10.3. The Labute approximate surface area is 198 Å². The first kappa shape index (κ1) is 26.3. The fourth-order valence-corrected chi connectivity index (χ4v) is 5.04. The zero-order valence-electron chi connectivity index (χ0n) is 18.7. The molecule has 5 N–H and O–H groups in total. The van der Waals surface area contributed by atoms with Gasteiger partial charge in [0, 0.05) is 11.3 Å². The van der Waals surface area contributed by atoms with E-state index in [1.807, 2.05) is 13.0 Å². The molecule has 13 heteroatoms. The minimum atomic E-state index is -3.83. The minimum absolute atomic E-state index is 0.252. The van der Waals surface area contributed by atoms with Crippen molar-refractivity contribution in [2.24, 2.45) is 0 Å². The summed E-state index contributed by atoms with van der Waals surface area (Å²) in [5.41, 5.74) is 2.27. The molecule has 1 aliphatic rings. The lowest BCUT2D eigenvalue weighted by Gasteiger charge is -2.42. The van der Waals surface area contributed by atoms with Gasteiger partial charge in [-0.2, -0.15) is 0 Å². The molecule has 0 aromatic heterocycles. The van der Waals surface area contributed by atoms with Crippen molar-refractivity contribution in [3.8, 4) is 16.9 Å².